The first-order chi connectivity index (χ1) is 8.93. The van der Waals surface area contributed by atoms with E-state index in [-0.39, 0.29) is 42.2 Å². The van der Waals surface area contributed by atoms with E-state index in [2.05, 4.69) is 10.6 Å². The fraction of sp³-hybridized carbons (Fsp3) is 0.857. The zero-order chi connectivity index (χ0) is 14.4. The second-order valence-corrected chi connectivity index (χ2v) is 5.67. The Hall–Kier alpha value is -0.810. The quantitative estimate of drug-likeness (QED) is 0.692. The summed E-state index contributed by atoms with van der Waals surface area (Å²) in [5.74, 6) is 0.0670. The first-order valence-electron chi connectivity index (χ1n) is 7.29. The molecule has 0 radical (unpaired) electrons. The number of nitrogens with one attached hydrogen (secondary N) is 2. The van der Waals surface area contributed by atoms with Crippen LogP contribution in [0.25, 0.3) is 0 Å². The van der Waals surface area contributed by atoms with E-state index in [1.807, 2.05) is 13.8 Å². The Kier molecular flexibility index (Phi) is 8.81. The first-order valence-corrected chi connectivity index (χ1v) is 7.29. The lowest BCUT2D eigenvalue weighted by molar-refractivity contribution is -0.129. The lowest BCUT2D eigenvalue weighted by Gasteiger charge is -2.19. The molecule has 1 aliphatic carbocycles. The average molecular weight is 306 g/mol. The maximum Gasteiger partial charge on any atom is 0.242 e. The highest BCUT2D eigenvalue weighted by molar-refractivity contribution is 5.87. The van der Waals surface area contributed by atoms with E-state index in [4.69, 9.17) is 5.73 Å². The molecule has 4 N–H and O–H groups in total. The van der Waals surface area contributed by atoms with Crippen molar-refractivity contribution in [2.45, 2.75) is 71.0 Å². The number of rotatable bonds is 6. The zero-order valence-corrected chi connectivity index (χ0v) is 13.5. The monoisotopic (exact) mass is 305 g/mol. The van der Waals surface area contributed by atoms with E-state index in [1.165, 1.54) is 0 Å². The van der Waals surface area contributed by atoms with Crippen molar-refractivity contribution < 1.29 is 9.59 Å². The molecule has 0 aromatic carbocycles. The van der Waals surface area contributed by atoms with E-state index < -0.39 is 6.04 Å². The molecule has 1 saturated carbocycles. The van der Waals surface area contributed by atoms with E-state index in [0.29, 0.717) is 6.42 Å². The minimum Gasteiger partial charge on any atom is -0.352 e. The fourth-order valence-corrected chi connectivity index (χ4v) is 2.39. The van der Waals surface area contributed by atoms with Crippen LogP contribution >= 0.6 is 12.4 Å². The summed E-state index contributed by atoms with van der Waals surface area (Å²) in [5, 5.41) is 5.61. The minimum absolute atomic E-state index is 0. The van der Waals surface area contributed by atoms with Crippen LogP contribution in [-0.2, 0) is 9.59 Å². The molecule has 1 fully saturated rings. The van der Waals surface area contributed by atoms with E-state index in [0.717, 1.165) is 25.7 Å². The van der Waals surface area contributed by atoms with Crippen molar-refractivity contribution in [3.63, 3.8) is 0 Å². The number of amides is 2. The second kappa shape index (κ2) is 9.19. The lowest BCUT2D eigenvalue weighted by Crippen LogP contribution is -2.47. The van der Waals surface area contributed by atoms with E-state index >= 15 is 0 Å². The second-order valence-electron chi connectivity index (χ2n) is 5.67. The lowest BCUT2D eigenvalue weighted by atomic mass is 10.00. The number of hydrogen-bond donors (Lipinski definition) is 3. The van der Waals surface area contributed by atoms with Gasteiger partial charge in [-0.3, -0.25) is 9.59 Å². The summed E-state index contributed by atoms with van der Waals surface area (Å²) < 4.78 is 0. The minimum atomic E-state index is -0.487. The van der Waals surface area contributed by atoms with E-state index in [1.54, 1.807) is 6.92 Å². The third kappa shape index (κ3) is 6.09. The van der Waals surface area contributed by atoms with Crippen molar-refractivity contribution in [1.29, 1.82) is 0 Å². The van der Waals surface area contributed by atoms with Crippen molar-refractivity contribution in [2.24, 2.45) is 11.7 Å². The van der Waals surface area contributed by atoms with Gasteiger partial charge in [-0.15, -0.1) is 12.4 Å². The summed E-state index contributed by atoms with van der Waals surface area (Å²) in [7, 11) is 0. The summed E-state index contributed by atoms with van der Waals surface area (Å²) in [4.78, 5) is 23.7. The third-order valence-electron chi connectivity index (χ3n) is 3.94. The number of halogens is 1. The molecular formula is C14H28ClN3O2. The van der Waals surface area contributed by atoms with Crippen LogP contribution < -0.4 is 16.4 Å². The number of carbonyl (C=O) groups is 2. The summed E-state index contributed by atoms with van der Waals surface area (Å²) in [6.07, 6.45) is 4.43. The molecule has 20 heavy (non-hydrogen) atoms. The SMILES string of the molecule is CCC(C)NC(=O)C(C)NC(=O)C[C@@H]1CCC[C@H]1N.Cl. The largest absolute Gasteiger partial charge is 0.352 e. The number of nitrogens with two attached hydrogens (primary N) is 1. The maximum absolute atomic E-state index is 11.9. The van der Waals surface area contributed by atoms with Crippen LogP contribution in [0.1, 0.15) is 52.9 Å². The molecule has 0 heterocycles. The van der Waals surface area contributed by atoms with Gasteiger partial charge in [0, 0.05) is 18.5 Å². The van der Waals surface area contributed by atoms with Gasteiger partial charge in [0.15, 0.2) is 0 Å². The molecule has 6 heteroatoms. The summed E-state index contributed by atoms with van der Waals surface area (Å²) in [6.45, 7) is 5.67. The number of hydrogen-bond acceptors (Lipinski definition) is 3. The van der Waals surface area contributed by atoms with Crippen LogP contribution in [-0.4, -0.2) is 29.9 Å². The van der Waals surface area contributed by atoms with Gasteiger partial charge in [0.1, 0.15) is 6.04 Å². The molecule has 1 rings (SSSR count). The van der Waals surface area contributed by atoms with Gasteiger partial charge in [0.2, 0.25) is 11.8 Å². The van der Waals surface area contributed by atoms with E-state index in [9.17, 15) is 9.59 Å². The molecule has 0 bridgehead atoms. The predicted molar refractivity (Wildman–Crippen MR) is 82.7 cm³/mol. The first kappa shape index (κ1) is 19.2. The summed E-state index contributed by atoms with van der Waals surface area (Å²) in [6, 6.07) is -0.218. The molecule has 2 amide bonds. The Labute approximate surface area is 127 Å². The van der Waals surface area contributed by atoms with Crippen molar-refractivity contribution in [3.8, 4) is 0 Å². The Morgan fingerprint density at radius 3 is 2.40 bits per heavy atom. The molecule has 5 nitrogen and oxygen atoms in total. The fourth-order valence-electron chi connectivity index (χ4n) is 2.39. The molecular weight excluding hydrogens is 278 g/mol. The van der Waals surface area contributed by atoms with Gasteiger partial charge in [-0.1, -0.05) is 13.3 Å². The molecule has 1 aliphatic rings. The van der Waals surface area contributed by atoms with Crippen LogP contribution in [0, 0.1) is 5.92 Å². The Morgan fingerprint density at radius 1 is 1.25 bits per heavy atom. The van der Waals surface area contributed by atoms with Gasteiger partial charge < -0.3 is 16.4 Å². The molecule has 0 spiro atoms. The predicted octanol–water partition coefficient (Wildman–Crippen LogP) is 1.35. The van der Waals surface area contributed by atoms with Gasteiger partial charge in [0.25, 0.3) is 0 Å². The van der Waals surface area contributed by atoms with Crippen molar-refractivity contribution in [1.82, 2.24) is 10.6 Å². The normalized spacial score (nSPS) is 24.4. The molecule has 0 aromatic rings. The van der Waals surface area contributed by atoms with Crippen LogP contribution in [0.3, 0.4) is 0 Å². The van der Waals surface area contributed by atoms with Gasteiger partial charge >= 0.3 is 0 Å². The average Bonchev–Trinajstić information content (AvgIpc) is 2.74. The maximum atomic E-state index is 11.9. The van der Waals surface area contributed by atoms with Crippen molar-refractivity contribution in [2.75, 3.05) is 0 Å². The summed E-state index contributed by atoms with van der Waals surface area (Å²) in [5.41, 5.74) is 5.94. The van der Waals surface area contributed by atoms with Crippen LogP contribution in [0.5, 0.6) is 0 Å². The van der Waals surface area contributed by atoms with Crippen molar-refractivity contribution >= 4 is 24.2 Å². The zero-order valence-electron chi connectivity index (χ0n) is 12.6. The Balaban J connectivity index is 0.00000361. The molecule has 118 valence electrons. The molecule has 2 unspecified atom stereocenters. The van der Waals surface area contributed by atoms with Gasteiger partial charge in [-0.2, -0.15) is 0 Å². The number of carbonyl (C=O) groups excluding carboxylic acids is 2. The van der Waals surface area contributed by atoms with Gasteiger partial charge in [-0.25, -0.2) is 0 Å². The summed E-state index contributed by atoms with van der Waals surface area (Å²) >= 11 is 0. The Morgan fingerprint density at radius 2 is 1.90 bits per heavy atom. The standard InChI is InChI=1S/C14H27N3O2.ClH/c1-4-9(2)16-14(19)10(3)17-13(18)8-11-6-5-7-12(11)15;/h9-12H,4-8,15H2,1-3H3,(H,16,19)(H,17,18);1H/t9?,10?,11-,12+;/m0./s1. The van der Waals surface area contributed by atoms with Crippen LogP contribution in [0.2, 0.25) is 0 Å². The topological polar surface area (TPSA) is 84.2 Å². The van der Waals surface area contributed by atoms with Crippen molar-refractivity contribution in [3.05, 3.63) is 0 Å². The molecule has 0 aliphatic heterocycles. The van der Waals surface area contributed by atoms with Gasteiger partial charge in [0.05, 0.1) is 0 Å². The smallest absolute Gasteiger partial charge is 0.242 e. The Bertz CT molecular complexity index is 326. The highest BCUT2D eigenvalue weighted by Gasteiger charge is 2.27. The van der Waals surface area contributed by atoms with Crippen LogP contribution in [0.15, 0.2) is 0 Å². The molecule has 4 atom stereocenters. The van der Waals surface area contributed by atoms with Crippen LogP contribution in [0.4, 0.5) is 0 Å². The van der Waals surface area contributed by atoms with Gasteiger partial charge in [-0.05, 0) is 39.0 Å². The highest BCUT2D eigenvalue weighted by Crippen LogP contribution is 2.26. The third-order valence-corrected chi connectivity index (χ3v) is 3.94. The molecule has 0 aromatic heterocycles. The molecule has 0 saturated heterocycles. The highest BCUT2D eigenvalue weighted by atomic mass is 35.5.